The van der Waals surface area contributed by atoms with E-state index in [0.29, 0.717) is 41.9 Å². The maximum Gasteiger partial charge on any atom is 0.418 e. The molecule has 25 heteroatoms. The highest BCUT2D eigenvalue weighted by molar-refractivity contribution is 7.80. The van der Waals surface area contributed by atoms with Crippen LogP contribution in [-0.2, 0) is 61.7 Å². The number of hydrogen-bond acceptors (Lipinski definition) is 17. The summed E-state index contributed by atoms with van der Waals surface area (Å²) in [6.07, 6.45) is 1.60. The van der Waals surface area contributed by atoms with Crippen LogP contribution < -0.4 is 25.4 Å². The Balaban J connectivity index is 1.53. The van der Waals surface area contributed by atoms with Crippen molar-refractivity contribution in [2.24, 2.45) is 12.2 Å². The van der Waals surface area contributed by atoms with Gasteiger partial charge in [0.15, 0.2) is 7.05 Å². The van der Waals surface area contributed by atoms with Gasteiger partial charge in [0.05, 0.1) is 23.8 Å². The number of nitrogens with one attached hydrogen (secondary N) is 3. The van der Waals surface area contributed by atoms with Gasteiger partial charge in [-0.1, -0.05) is 17.3 Å². The normalized spacial score (nSPS) is 16.0. The summed E-state index contributed by atoms with van der Waals surface area (Å²) < 4.78 is 66.2. The third kappa shape index (κ3) is 15.1. The molecule has 3 aromatic rings. The van der Waals surface area contributed by atoms with E-state index in [1.807, 2.05) is 40.9 Å². The summed E-state index contributed by atoms with van der Waals surface area (Å²) in [7, 11) is -3.20. The van der Waals surface area contributed by atoms with Crippen LogP contribution in [0.25, 0.3) is 11.1 Å². The number of amides is 4. The summed E-state index contributed by atoms with van der Waals surface area (Å²) in [5, 5.41) is 11.7. The fourth-order valence-corrected chi connectivity index (χ4v) is 6.59. The Morgan fingerprint density at radius 2 is 1.56 bits per heavy atom. The second-order valence-corrected chi connectivity index (χ2v) is 19.6. The monoisotopic (exact) mass is 938 g/mol. The van der Waals surface area contributed by atoms with E-state index in [4.69, 9.17) is 28.3 Å². The Hall–Kier alpha value is -5.92. The highest BCUT2D eigenvalue weighted by Crippen LogP contribution is 2.33. The van der Waals surface area contributed by atoms with Crippen LogP contribution in [0.3, 0.4) is 0 Å². The lowest BCUT2D eigenvalue weighted by Gasteiger charge is -2.50. The number of anilines is 1. The van der Waals surface area contributed by atoms with Crippen molar-refractivity contribution in [1.82, 2.24) is 29.7 Å². The standard InChI is InChI=1S/C39H55N9O14S2/c1-36(2,3)58-32(51)26(22-57-25-16-14-23(15-17-25)24-20-46(12)47(21-24)19-13-18-40-34(52)59-37(4,5)6)61-44-27(29-42-33(63-45-29)43-35(53)60-38(7,8)9)30(49)41-28-31(50)48(39(28,10)11)62-64(54,55)56/h14-17,20-21,26,28H,13,18-19,22H2,1-12H3,(H3-,40,41,42,43,45,49,52,53,54,55,56)/p+1/b44-27-/t26-,28+/m0/s1. The molecule has 0 spiro atoms. The minimum atomic E-state index is -5.09. The van der Waals surface area contributed by atoms with Crippen LogP contribution in [0.4, 0.5) is 14.7 Å². The first kappa shape index (κ1) is 50.7. The number of ether oxygens (including phenoxy) is 4. The number of oxime groups is 1. The Kier molecular flexibility index (Phi) is 15.7. The molecule has 4 rings (SSSR count). The number of hydrogen-bond donors (Lipinski definition) is 4. The number of nitrogens with zero attached hydrogens (tertiary/aromatic N) is 6. The molecule has 0 saturated carbocycles. The smallest absolute Gasteiger partial charge is 0.418 e. The number of hydroxylamine groups is 2. The molecule has 0 unspecified atom stereocenters. The molecule has 64 heavy (non-hydrogen) atoms. The van der Waals surface area contributed by atoms with Crippen molar-refractivity contribution in [3.8, 4) is 16.9 Å². The summed E-state index contributed by atoms with van der Waals surface area (Å²) >= 11 is 0.643. The SMILES string of the molecule is C[n+]1cc(-c2ccc(OC[C@H](O/N=C(\C(=O)N[C@@H]3C(=O)N(OS(=O)(=O)O)C3(C)C)c3nsc(NC(=O)OC(C)(C)C)n3)C(=O)OC(C)(C)C)cc2)cn1CCCNC(=O)OC(C)(C)C. The van der Waals surface area contributed by atoms with Crippen LogP contribution in [0, 0.1) is 0 Å². The number of β-lactam (4-membered cyclic amide) rings is 1. The molecule has 0 radical (unpaired) electrons. The number of carbonyl (C=O) groups is 5. The Labute approximate surface area is 374 Å². The van der Waals surface area contributed by atoms with Crippen LogP contribution in [0.5, 0.6) is 5.75 Å². The summed E-state index contributed by atoms with van der Waals surface area (Å²) in [5.41, 5.74) is -2.88. The second-order valence-electron chi connectivity index (χ2n) is 17.9. The zero-order valence-corrected chi connectivity index (χ0v) is 39.3. The lowest BCUT2D eigenvalue weighted by molar-refractivity contribution is -0.753. The van der Waals surface area contributed by atoms with Crippen molar-refractivity contribution < 1.29 is 69.7 Å². The highest BCUT2D eigenvalue weighted by Gasteiger charge is 2.58. The van der Waals surface area contributed by atoms with Crippen molar-refractivity contribution >= 4 is 62.7 Å². The fraction of sp³-hybridized carbons (Fsp3) is 0.564. The van der Waals surface area contributed by atoms with Gasteiger partial charge in [-0.15, -0.1) is 8.97 Å². The topological polar surface area (TPSA) is 281 Å². The zero-order chi connectivity index (χ0) is 48.0. The van der Waals surface area contributed by atoms with Gasteiger partial charge in [-0.2, -0.15) is 27.5 Å². The van der Waals surface area contributed by atoms with Gasteiger partial charge in [0.2, 0.25) is 22.9 Å². The first-order chi connectivity index (χ1) is 29.4. The largest absolute Gasteiger partial charge is 0.489 e. The zero-order valence-electron chi connectivity index (χ0n) is 37.7. The molecular weight excluding hydrogens is 883 g/mol. The second kappa shape index (κ2) is 19.9. The predicted octanol–water partition coefficient (Wildman–Crippen LogP) is 3.44. The molecule has 2 atom stereocenters. The van der Waals surface area contributed by atoms with Crippen molar-refractivity contribution in [2.75, 3.05) is 18.5 Å². The minimum Gasteiger partial charge on any atom is -0.489 e. The van der Waals surface area contributed by atoms with E-state index in [1.54, 1.807) is 74.4 Å². The summed E-state index contributed by atoms with van der Waals surface area (Å²) in [6.45, 7) is 18.5. The molecule has 23 nitrogen and oxygen atoms in total. The lowest BCUT2D eigenvalue weighted by atomic mass is 9.84. The average molecular weight is 939 g/mol. The first-order valence-corrected chi connectivity index (χ1v) is 21.9. The quantitative estimate of drug-likeness (QED) is 0.0220. The molecule has 0 bridgehead atoms. The Morgan fingerprint density at radius 1 is 0.953 bits per heavy atom. The van der Waals surface area contributed by atoms with Gasteiger partial charge >= 0.3 is 28.6 Å². The number of esters is 1. The van der Waals surface area contributed by atoms with Crippen LogP contribution in [0.1, 0.15) is 88.4 Å². The van der Waals surface area contributed by atoms with Gasteiger partial charge in [0, 0.05) is 18.1 Å². The fourth-order valence-electron chi connectivity index (χ4n) is 5.58. The Morgan fingerprint density at radius 3 is 2.14 bits per heavy atom. The van der Waals surface area contributed by atoms with Crippen LogP contribution in [0.15, 0.2) is 41.8 Å². The maximum atomic E-state index is 13.8. The van der Waals surface area contributed by atoms with Crippen LogP contribution in [-0.4, -0.2) is 115 Å². The minimum absolute atomic E-state index is 0.120. The third-order valence-electron chi connectivity index (χ3n) is 8.36. The number of aromatic nitrogens is 4. The van der Waals surface area contributed by atoms with Gasteiger partial charge in [-0.05, 0) is 100 Å². The van der Waals surface area contributed by atoms with E-state index in [-0.39, 0.29) is 5.13 Å². The van der Waals surface area contributed by atoms with Crippen molar-refractivity contribution in [2.45, 2.75) is 124 Å². The summed E-state index contributed by atoms with van der Waals surface area (Å²) in [4.78, 5) is 74.3. The van der Waals surface area contributed by atoms with Crippen LogP contribution >= 0.6 is 11.5 Å². The van der Waals surface area contributed by atoms with Gasteiger partial charge in [-0.25, -0.2) is 14.4 Å². The number of alkyl carbamates (subject to hydrolysis) is 1. The number of rotatable bonds is 17. The molecule has 1 aliphatic rings. The third-order valence-corrected chi connectivity index (χ3v) is 9.33. The first-order valence-electron chi connectivity index (χ1n) is 19.8. The average Bonchev–Trinajstić information content (AvgIpc) is 3.75. The molecule has 2 aromatic heterocycles. The van der Waals surface area contributed by atoms with Gasteiger partial charge in [-0.3, -0.25) is 19.5 Å². The molecule has 4 N–H and O–H groups in total. The number of aryl methyl sites for hydroxylation is 2. The molecule has 3 heterocycles. The maximum absolute atomic E-state index is 13.8. The molecular formula is C39H56N9O14S2+. The van der Waals surface area contributed by atoms with E-state index in [0.717, 1.165) is 11.1 Å². The summed E-state index contributed by atoms with van der Waals surface area (Å²) in [5.74, 6) is -3.17. The van der Waals surface area contributed by atoms with Crippen molar-refractivity contribution in [3.63, 3.8) is 0 Å². The number of benzene rings is 1. The molecule has 1 aromatic carbocycles. The van der Waals surface area contributed by atoms with Crippen molar-refractivity contribution in [1.29, 1.82) is 0 Å². The van der Waals surface area contributed by atoms with Gasteiger partial charge in [0.1, 0.15) is 35.2 Å². The molecule has 352 valence electrons. The Bertz CT molecular complexity index is 2320. The number of carbonyl (C=O) groups excluding carboxylic acids is 5. The van der Waals surface area contributed by atoms with E-state index >= 15 is 0 Å². The van der Waals surface area contributed by atoms with E-state index in [1.165, 1.54) is 13.8 Å². The molecule has 0 aliphatic carbocycles. The lowest BCUT2D eigenvalue weighted by Crippen LogP contribution is -2.76. The molecule has 4 amide bonds. The molecule has 1 saturated heterocycles. The van der Waals surface area contributed by atoms with E-state index in [2.05, 4.69) is 34.7 Å². The molecule has 1 aliphatic heterocycles. The van der Waals surface area contributed by atoms with Crippen LogP contribution in [0.2, 0.25) is 0 Å². The van der Waals surface area contributed by atoms with E-state index < -0.39 is 93.0 Å². The predicted molar refractivity (Wildman–Crippen MR) is 228 cm³/mol. The highest BCUT2D eigenvalue weighted by atomic mass is 32.3. The van der Waals surface area contributed by atoms with Crippen molar-refractivity contribution in [3.05, 3.63) is 42.5 Å². The van der Waals surface area contributed by atoms with E-state index in [9.17, 15) is 32.4 Å². The van der Waals surface area contributed by atoms with Gasteiger partial charge < -0.3 is 34.4 Å². The van der Waals surface area contributed by atoms with Gasteiger partial charge in [0.25, 0.3) is 17.9 Å². The molecule has 1 fully saturated rings. The summed E-state index contributed by atoms with van der Waals surface area (Å²) in [6, 6.07) is 5.55.